The maximum absolute atomic E-state index is 10.9. The van der Waals surface area contributed by atoms with Crippen molar-refractivity contribution in [2.45, 2.75) is 12.5 Å². The van der Waals surface area contributed by atoms with Crippen LogP contribution in [0.25, 0.3) is 0 Å². The summed E-state index contributed by atoms with van der Waals surface area (Å²) < 4.78 is 0.720. The van der Waals surface area contributed by atoms with Crippen molar-refractivity contribution >= 4 is 38.3 Å². The number of nitrogens with two attached hydrogens (primary N) is 1. The number of nitrogens with zero attached hydrogens (tertiary/aromatic N) is 3. The Balaban J connectivity index is 2.14. The van der Waals surface area contributed by atoms with Crippen molar-refractivity contribution in [1.82, 2.24) is 10.2 Å². The zero-order valence-corrected chi connectivity index (χ0v) is 9.01. The second kappa shape index (κ2) is 3.22. The quantitative estimate of drug-likeness (QED) is 0.836. The average Bonchev–Trinajstić information content (AvgIpc) is 2.32. The van der Waals surface area contributed by atoms with Gasteiger partial charge in [-0.25, -0.2) is 0 Å². The molecule has 0 aliphatic carbocycles. The number of primary amides is 1. The third kappa shape index (κ3) is 1.53. The monoisotopic (exact) mass is 262 g/mol. The van der Waals surface area contributed by atoms with Crippen LogP contribution in [0.3, 0.4) is 0 Å². The molecule has 1 fully saturated rings. The minimum absolute atomic E-state index is 0.195. The smallest absolute Gasteiger partial charge is 0.240 e. The molecule has 2 heterocycles. The largest absolute Gasteiger partial charge is 0.368 e. The molecule has 13 heavy (non-hydrogen) atoms. The first-order valence-electron chi connectivity index (χ1n) is 3.73. The predicted molar refractivity (Wildman–Crippen MR) is 52.6 cm³/mol. The Kier molecular flexibility index (Phi) is 2.20. The molecule has 70 valence electrons. The summed E-state index contributed by atoms with van der Waals surface area (Å²) in [6.07, 6.45) is 0.812. The zero-order valence-electron chi connectivity index (χ0n) is 6.61. The van der Waals surface area contributed by atoms with Gasteiger partial charge >= 0.3 is 0 Å². The summed E-state index contributed by atoms with van der Waals surface area (Å²) in [6.45, 7) is 0.829. The molecule has 1 unspecified atom stereocenters. The number of rotatable bonds is 2. The molecule has 1 aliphatic heterocycles. The van der Waals surface area contributed by atoms with E-state index in [9.17, 15) is 4.79 Å². The van der Waals surface area contributed by atoms with E-state index >= 15 is 0 Å². The van der Waals surface area contributed by atoms with E-state index in [1.54, 1.807) is 0 Å². The number of amides is 1. The van der Waals surface area contributed by atoms with Crippen LogP contribution in [-0.4, -0.2) is 28.7 Å². The number of halogens is 1. The first-order chi connectivity index (χ1) is 6.18. The number of aromatic nitrogens is 2. The lowest BCUT2D eigenvalue weighted by Gasteiger charge is -2.37. The minimum Gasteiger partial charge on any atom is -0.368 e. The van der Waals surface area contributed by atoms with Crippen molar-refractivity contribution in [2.24, 2.45) is 5.73 Å². The molecule has 1 saturated heterocycles. The molecule has 1 amide bonds. The van der Waals surface area contributed by atoms with Crippen molar-refractivity contribution < 1.29 is 4.79 Å². The SMILES string of the molecule is NC(=O)C1CCN1c1nnc(Br)s1. The van der Waals surface area contributed by atoms with Crippen molar-refractivity contribution in [3.05, 3.63) is 3.92 Å². The van der Waals surface area contributed by atoms with Crippen LogP contribution >= 0.6 is 27.3 Å². The topological polar surface area (TPSA) is 72.1 Å². The molecule has 1 aromatic rings. The highest BCUT2D eigenvalue weighted by Crippen LogP contribution is 2.30. The standard InChI is InChI=1S/C6H7BrN4OS/c7-5-9-10-6(13-5)11-2-1-3(11)4(8)12/h3H,1-2H2,(H2,8,12). The summed E-state index contributed by atoms with van der Waals surface area (Å²) in [5.74, 6) is -0.294. The Morgan fingerprint density at radius 2 is 2.46 bits per heavy atom. The molecule has 0 aromatic carbocycles. The third-order valence-electron chi connectivity index (χ3n) is 1.98. The highest BCUT2D eigenvalue weighted by molar-refractivity contribution is 9.11. The van der Waals surface area contributed by atoms with Gasteiger partial charge in [0.15, 0.2) is 3.92 Å². The van der Waals surface area contributed by atoms with Crippen molar-refractivity contribution in [3.8, 4) is 0 Å². The number of hydrogen-bond acceptors (Lipinski definition) is 5. The summed E-state index contributed by atoms with van der Waals surface area (Å²) in [5.41, 5.74) is 5.20. The van der Waals surface area contributed by atoms with E-state index in [-0.39, 0.29) is 11.9 Å². The highest BCUT2D eigenvalue weighted by atomic mass is 79.9. The van der Waals surface area contributed by atoms with E-state index in [2.05, 4.69) is 26.1 Å². The fraction of sp³-hybridized carbons (Fsp3) is 0.500. The van der Waals surface area contributed by atoms with Gasteiger partial charge in [0.25, 0.3) is 0 Å². The maximum atomic E-state index is 10.9. The van der Waals surface area contributed by atoms with Gasteiger partial charge < -0.3 is 10.6 Å². The lowest BCUT2D eigenvalue weighted by molar-refractivity contribution is -0.120. The van der Waals surface area contributed by atoms with Crippen molar-refractivity contribution in [2.75, 3.05) is 11.4 Å². The van der Waals surface area contributed by atoms with Gasteiger partial charge in [0.05, 0.1) is 0 Å². The molecule has 0 radical (unpaired) electrons. The van der Waals surface area contributed by atoms with E-state index in [0.717, 1.165) is 22.0 Å². The van der Waals surface area contributed by atoms with Crippen LogP contribution in [0.1, 0.15) is 6.42 Å². The average molecular weight is 263 g/mol. The molecule has 1 aliphatic rings. The summed E-state index contributed by atoms with van der Waals surface area (Å²) in [5, 5.41) is 8.47. The molecule has 7 heteroatoms. The number of carbonyl (C=O) groups excluding carboxylic acids is 1. The highest BCUT2D eigenvalue weighted by Gasteiger charge is 2.34. The molecule has 1 aromatic heterocycles. The molecule has 2 N–H and O–H groups in total. The maximum Gasteiger partial charge on any atom is 0.240 e. The van der Waals surface area contributed by atoms with Crippen LogP contribution in [-0.2, 0) is 4.79 Å². The Labute approximate surface area is 87.1 Å². The van der Waals surface area contributed by atoms with E-state index in [1.165, 1.54) is 11.3 Å². The van der Waals surface area contributed by atoms with Crippen LogP contribution < -0.4 is 10.6 Å². The molecule has 5 nitrogen and oxygen atoms in total. The molecular weight excluding hydrogens is 256 g/mol. The number of anilines is 1. The van der Waals surface area contributed by atoms with E-state index < -0.39 is 0 Å². The summed E-state index contributed by atoms with van der Waals surface area (Å²) in [6, 6.07) is -0.195. The van der Waals surface area contributed by atoms with Crippen molar-refractivity contribution in [1.29, 1.82) is 0 Å². The van der Waals surface area contributed by atoms with Gasteiger partial charge in [-0.15, -0.1) is 10.2 Å². The second-order valence-electron chi connectivity index (χ2n) is 2.74. The van der Waals surface area contributed by atoms with Crippen LogP contribution in [0, 0.1) is 0 Å². The summed E-state index contributed by atoms with van der Waals surface area (Å²) >= 11 is 4.62. The van der Waals surface area contributed by atoms with Crippen LogP contribution in [0.5, 0.6) is 0 Å². The molecule has 0 spiro atoms. The fourth-order valence-electron chi connectivity index (χ4n) is 1.23. The first-order valence-corrected chi connectivity index (χ1v) is 5.34. The Morgan fingerprint density at radius 3 is 2.85 bits per heavy atom. The Morgan fingerprint density at radius 1 is 1.69 bits per heavy atom. The van der Waals surface area contributed by atoms with E-state index in [4.69, 9.17) is 5.73 Å². The molecular formula is C6H7BrN4OS. The normalized spacial score (nSPS) is 21.3. The minimum atomic E-state index is -0.294. The van der Waals surface area contributed by atoms with Gasteiger partial charge in [0.2, 0.25) is 11.0 Å². The Hall–Kier alpha value is -0.690. The van der Waals surface area contributed by atoms with Crippen LogP contribution in [0.15, 0.2) is 3.92 Å². The summed E-state index contributed by atoms with van der Waals surface area (Å²) in [4.78, 5) is 12.8. The molecule has 0 saturated carbocycles. The molecule has 2 rings (SSSR count). The second-order valence-corrected chi connectivity index (χ2v) is 4.97. The lowest BCUT2D eigenvalue weighted by Crippen LogP contribution is -2.55. The number of carbonyl (C=O) groups is 1. The van der Waals surface area contributed by atoms with Gasteiger partial charge in [-0.1, -0.05) is 11.3 Å². The van der Waals surface area contributed by atoms with Gasteiger partial charge in [-0.2, -0.15) is 0 Å². The van der Waals surface area contributed by atoms with Gasteiger partial charge in [-0.05, 0) is 22.4 Å². The third-order valence-corrected chi connectivity index (χ3v) is 3.38. The number of hydrogen-bond donors (Lipinski definition) is 1. The zero-order chi connectivity index (χ0) is 9.42. The van der Waals surface area contributed by atoms with Crippen molar-refractivity contribution in [3.63, 3.8) is 0 Å². The predicted octanol–water partition coefficient (Wildman–Crippen LogP) is 0.365. The Bertz CT molecular complexity index is 341. The van der Waals surface area contributed by atoms with E-state index in [1.807, 2.05) is 4.90 Å². The van der Waals surface area contributed by atoms with E-state index in [0.29, 0.717) is 0 Å². The summed E-state index contributed by atoms with van der Waals surface area (Å²) in [7, 11) is 0. The van der Waals surface area contributed by atoms with Gasteiger partial charge in [0.1, 0.15) is 6.04 Å². The molecule has 1 atom stereocenters. The van der Waals surface area contributed by atoms with Crippen LogP contribution in [0.4, 0.5) is 5.13 Å². The first kappa shape index (κ1) is 8.89. The lowest BCUT2D eigenvalue weighted by atomic mass is 10.0. The fourth-order valence-corrected chi connectivity index (χ4v) is 2.39. The molecule has 0 bridgehead atoms. The van der Waals surface area contributed by atoms with Gasteiger partial charge in [-0.3, -0.25) is 4.79 Å². The van der Waals surface area contributed by atoms with Gasteiger partial charge in [0, 0.05) is 6.54 Å². The van der Waals surface area contributed by atoms with Crippen LogP contribution in [0.2, 0.25) is 0 Å².